The number of hydrogen-bond donors (Lipinski definition) is 1. The van der Waals surface area contributed by atoms with Crippen LogP contribution in [0, 0.1) is 0 Å². The molecule has 1 aliphatic heterocycles. The van der Waals surface area contributed by atoms with Gasteiger partial charge in [0.1, 0.15) is 0 Å². The molecule has 1 rings (SSSR count). The Labute approximate surface area is 104 Å². The van der Waals surface area contributed by atoms with E-state index in [0.717, 1.165) is 6.42 Å². The second-order valence-electron chi connectivity index (χ2n) is 3.52. The molecule has 0 aromatic rings. The molecule has 1 saturated heterocycles. The van der Waals surface area contributed by atoms with Gasteiger partial charge >= 0.3 is 18.1 Å². The fraction of sp³-hybridized carbons (Fsp3) is 0.667. The van der Waals surface area contributed by atoms with Gasteiger partial charge in [-0.05, 0) is 19.4 Å². The zero-order valence-corrected chi connectivity index (χ0v) is 9.90. The standard InChI is InChI=1S/C9H10F3NO4S/c10-9(11,12)8(16)17-6(14)4-18-7(15)5-2-1-3-13-5/h5,13H,1-4H2/t5-/m0/s1. The van der Waals surface area contributed by atoms with E-state index in [1.165, 1.54) is 0 Å². The van der Waals surface area contributed by atoms with E-state index in [1.807, 2.05) is 0 Å². The molecule has 0 aromatic heterocycles. The second-order valence-corrected chi connectivity index (χ2v) is 4.50. The predicted molar refractivity (Wildman–Crippen MR) is 55.6 cm³/mol. The average Bonchev–Trinajstić information content (AvgIpc) is 2.77. The van der Waals surface area contributed by atoms with Crippen LogP contribution in [-0.4, -0.2) is 41.6 Å². The highest BCUT2D eigenvalue weighted by Gasteiger charge is 2.42. The molecule has 1 N–H and O–H groups in total. The van der Waals surface area contributed by atoms with E-state index in [9.17, 15) is 27.6 Å². The first-order valence-electron chi connectivity index (χ1n) is 5.02. The molecule has 1 atom stereocenters. The van der Waals surface area contributed by atoms with Crippen LogP contribution in [0.15, 0.2) is 0 Å². The number of ether oxygens (including phenoxy) is 1. The van der Waals surface area contributed by atoms with Crippen molar-refractivity contribution in [2.75, 3.05) is 12.3 Å². The molecule has 0 bridgehead atoms. The van der Waals surface area contributed by atoms with Crippen molar-refractivity contribution < 1.29 is 32.3 Å². The van der Waals surface area contributed by atoms with Gasteiger partial charge in [-0.15, -0.1) is 0 Å². The minimum Gasteiger partial charge on any atom is -0.386 e. The Morgan fingerprint density at radius 1 is 1.33 bits per heavy atom. The summed E-state index contributed by atoms with van der Waals surface area (Å²) in [5.41, 5.74) is 0. The van der Waals surface area contributed by atoms with Gasteiger partial charge in [0.25, 0.3) is 0 Å². The topological polar surface area (TPSA) is 72.5 Å². The summed E-state index contributed by atoms with van der Waals surface area (Å²) in [5.74, 6) is -4.56. The SMILES string of the molecule is O=C(CSC(=O)[C@@H]1CCCN1)OC(=O)C(F)(F)F. The number of carbonyl (C=O) groups excluding carboxylic acids is 3. The first kappa shape index (κ1) is 15.0. The van der Waals surface area contributed by atoms with Crippen molar-refractivity contribution in [3.8, 4) is 0 Å². The molecule has 5 nitrogen and oxygen atoms in total. The predicted octanol–water partition coefficient (Wildman–Crippen LogP) is 0.630. The summed E-state index contributed by atoms with van der Waals surface area (Å²) in [5, 5.41) is 2.53. The molecule has 0 unspecified atom stereocenters. The van der Waals surface area contributed by atoms with Gasteiger partial charge in [0, 0.05) is 0 Å². The lowest BCUT2D eigenvalue weighted by atomic mass is 10.2. The summed E-state index contributed by atoms with van der Waals surface area (Å²) in [6.45, 7) is 0.688. The van der Waals surface area contributed by atoms with E-state index in [2.05, 4.69) is 10.1 Å². The molecule has 0 aliphatic carbocycles. The van der Waals surface area contributed by atoms with E-state index in [1.54, 1.807) is 0 Å². The molecular weight excluding hydrogens is 275 g/mol. The largest absolute Gasteiger partial charge is 0.491 e. The van der Waals surface area contributed by atoms with Crippen molar-refractivity contribution in [1.82, 2.24) is 5.32 Å². The minimum atomic E-state index is -5.21. The van der Waals surface area contributed by atoms with Gasteiger partial charge < -0.3 is 10.1 Å². The highest BCUT2D eigenvalue weighted by atomic mass is 32.2. The van der Waals surface area contributed by atoms with Gasteiger partial charge in [0.2, 0.25) is 5.12 Å². The van der Waals surface area contributed by atoms with Gasteiger partial charge in [-0.3, -0.25) is 9.59 Å². The number of nitrogens with one attached hydrogen (secondary N) is 1. The summed E-state index contributed by atoms with van der Waals surface area (Å²) >= 11 is 0.539. The Bertz CT molecular complexity index is 352. The van der Waals surface area contributed by atoms with Crippen molar-refractivity contribution in [1.29, 1.82) is 0 Å². The Balaban J connectivity index is 2.28. The Hall–Kier alpha value is -1.09. The van der Waals surface area contributed by atoms with Crippen LogP contribution in [0.2, 0.25) is 0 Å². The lowest BCUT2D eigenvalue weighted by Crippen LogP contribution is -2.31. The molecule has 0 amide bonds. The lowest BCUT2D eigenvalue weighted by molar-refractivity contribution is -0.201. The molecule has 0 radical (unpaired) electrons. The van der Waals surface area contributed by atoms with Crippen LogP contribution < -0.4 is 5.32 Å². The third-order valence-corrected chi connectivity index (χ3v) is 3.06. The van der Waals surface area contributed by atoms with E-state index < -0.39 is 23.9 Å². The van der Waals surface area contributed by atoms with Gasteiger partial charge in [-0.25, -0.2) is 4.79 Å². The number of rotatable bonds is 3. The van der Waals surface area contributed by atoms with E-state index in [-0.39, 0.29) is 11.2 Å². The summed E-state index contributed by atoms with van der Waals surface area (Å²) in [7, 11) is 0. The number of carbonyl (C=O) groups is 3. The van der Waals surface area contributed by atoms with Crippen LogP contribution in [0.25, 0.3) is 0 Å². The number of esters is 2. The van der Waals surface area contributed by atoms with Crippen LogP contribution >= 0.6 is 11.8 Å². The van der Waals surface area contributed by atoms with Crippen LogP contribution in [0.1, 0.15) is 12.8 Å². The molecule has 1 heterocycles. The third-order valence-electron chi connectivity index (χ3n) is 2.12. The summed E-state index contributed by atoms with van der Waals surface area (Å²) < 4.78 is 38.8. The fourth-order valence-corrected chi connectivity index (χ4v) is 2.03. The fourth-order valence-electron chi connectivity index (χ4n) is 1.31. The number of halogens is 3. The molecule has 0 aromatic carbocycles. The molecule has 1 fully saturated rings. The van der Waals surface area contributed by atoms with Gasteiger partial charge in [-0.2, -0.15) is 13.2 Å². The molecule has 18 heavy (non-hydrogen) atoms. The summed E-state index contributed by atoms with van der Waals surface area (Å²) in [6, 6.07) is -0.388. The van der Waals surface area contributed by atoms with Crippen molar-refractivity contribution in [3.63, 3.8) is 0 Å². The molecule has 0 spiro atoms. The normalized spacial score (nSPS) is 19.6. The summed E-state index contributed by atoms with van der Waals surface area (Å²) in [6.07, 6.45) is -3.76. The maximum atomic E-state index is 11.7. The molecule has 102 valence electrons. The van der Waals surface area contributed by atoms with Gasteiger partial charge in [0.05, 0.1) is 11.8 Å². The van der Waals surface area contributed by atoms with E-state index in [4.69, 9.17) is 0 Å². The Kier molecular flexibility index (Phi) is 5.15. The summed E-state index contributed by atoms with van der Waals surface area (Å²) in [4.78, 5) is 32.6. The van der Waals surface area contributed by atoms with Crippen LogP contribution in [0.3, 0.4) is 0 Å². The van der Waals surface area contributed by atoms with Gasteiger partial charge in [-0.1, -0.05) is 11.8 Å². The maximum Gasteiger partial charge on any atom is 0.491 e. The van der Waals surface area contributed by atoms with Crippen molar-refractivity contribution in [2.24, 2.45) is 0 Å². The van der Waals surface area contributed by atoms with Gasteiger partial charge in [0.15, 0.2) is 0 Å². The monoisotopic (exact) mass is 285 g/mol. The zero-order chi connectivity index (χ0) is 13.8. The maximum absolute atomic E-state index is 11.7. The van der Waals surface area contributed by atoms with Crippen molar-refractivity contribution in [2.45, 2.75) is 25.1 Å². The van der Waals surface area contributed by atoms with Crippen LogP contribution in [0.5, 0.6) is 0 Å². The molecule has 9 heteroatoms. The first-order valence-corrected chi connectivity index (χ1v) is 6.01. The highest BCUT2D eigenvalue weighted by Crippen LogP contribution is 2.18. The smallest absolute Gasteiger partial charge is 0.386 e. The molecular formula is C9H10F3NO4S. The average molecular weight is 285 g/mol. The van der Waals surface area contributed by atoms with E-state index in [0.29, 0.717) is 24.7 Å². The van der Waals surface area contributed by atoms with Crippen molar-refractivity contribution >= 4 is 28.8 Å². The minimum absolute atomic E-state index is 0.344. The van der Waals surface area contributed by atoms with Crippen molar-refractivity contribution in [3.05, 3.63) is 0 Å². The quantitative estimate of drug-likeness (QED) is 0.606. The number of thioether (sulfide) groups is 1. The molecule has 1 aliphatic rings. The second kappa shape index (κ2) is 6.19. The number of hydrogen-bond acceptors (Lipinski definition) is 6. The Morgan fingerprint density at radius 3 is 2.50 bits per heavy atom. The Morgan fingerprint density at radius 2 is 2.00 bits per heavy atom. The zero-order valence-electron chi connectivity index (χ0n) is 9.08. The number of alkyl halides is 3. The highest BCUT2D eigenvalue weighted by molar-refractivity contribution is 8.14. The molecule has 0 saturated carbocycles. The van der Waals surface area contributed by atoms with E-state index >= 15 is 0 Å². The van der Waals surface area contributed by atoms with Crippen LogP contribution in [0.4, 0.5) is 13.2 Å². The first-order chi connectivity index (χ1) is 8.30. The lowest BCUT2D eigenvalue weighted by Gasteiger charge is -2.08. The third kappa shape index (κ3) is 4.65. The van der Waals surface area contributed by atoms with Crippen LogP contribution in [-0.2, 0) is 19.1 Å².